The second-order valence-corrected chi connectivity index (χ2v) is 7.55. The summed E-state index contributed by atoms with van der Waals surface area (Å²) in [6, 6.07) is 8.98. The molecule has 1 aromatic carbocycles. The van der Waals surface area contributed by atoms with Gasteiger partial charge in [-0.3, -0.25) is 14.5 Å². The number of nitrogens with zero attached hydrogens (tertiary/aromatic N) is 1. The van der Waals surface area contributed by atoms with Gasteiger partial charge in [0.1, 0.15) is 18.4 Å². The number of ether oxygens (including phenoxy) is 1. The molecule has 8 heteroatoms. The van der Waals surface area contributed by atoms with Crippen LogP contribution in [-0.2, 0) is 16.1 Å². The molecule has 0 radical (unpaired) electrons. The van der Waals surface area contributed by atoms with Crippen LogP contribution >= 0.6 is 0 Å². The highest BCUT2D eigenvalue weighted by Crippen LogP contribution is 2.11. The van der Waals surface area contributed by atoms with E-state index in [0.717, 1.165) is 38.6 Å². The molecule has 33 heavy (non-hydrogen) atoms. The number of morpholine rings is 1. The maximum Gasteiger partial charge on any atom is 0.251 e. The van der Waals surface area contributed by atoms with Crippen molar-refractivity contribution in [2.45, 2.75) is 25.6 Å². The fourth-order valence-corrected chi connectivity index (χ4v) is 3.20. The van der Waals surface area contributed by atoms with Crippen molar-refractivity contribution in [2.24, 2.45) is 0 Å². The van der Waals surface area contributed by atoms with Crippen molar-refractivity contribution in [1.82, 2.24) is 10.2 Å². The lowest BCUT2D eigenvalue weighted by Crippen LogP contribution is -2.48. The van der Waals surface area contributed by atoms with Gasteiger partial charge in [0.2, 0.25) is 0 Å². The third-order valence-electron chi connectivity index (χ3n) is 5.02. The molecule has 1 saturated heterocycles. The molecule has 8 nitrogen and oxygen atoms in total. The highest BCUT2D eigenvalue weighted by Gasteiger charge is 2.25. The number of carbonyl (C=O) groups is 2. The molecular weight excluding hydrogens is 424 g/mol. The van der Waals surface area contributed by atoms with E-state index in [1.807, 2.05) is 12.1 Å². The fraction of sp³-hybridized carbons (Fsp3) is 0.360. The third kappa shape index (κ3) is 7.31. The first-order valence-corrected chi connectivity index (χ1v) is 10.6. The third-order valence-corrected chi connectivity index (χ3v) is 5.02. The van der Waals surface area contributed by atoms with Gasteiger partial charge >= 0.3 is 0 Å². The molecule has 0 unspecified atom stereocenters. The lowest BCUT2D eigenvalue weighted by atomic mass is 10.1. The molecule has 1 aliphatic rings. The number of benzene rings is 1. The van der Waals surface area contributed by atoms with Crippen LogP contribution in [0.25, 0.3) is 0 Å². The highest BCUT2D eigenvalue weighted by molar-refractivity contribution is 5.98. The van der Waals surface area contributed by atoms with Crippen LogP contribution in [0, 0.1) is 23.7 Å². The van der Waals surface area contributed by atoms with Crippen molar-refractivity contribution in [1.29, 1.82) is 0 Å². The van der Waals surface area contributed by atoms with Crippen LogP contribution < -0.4 is 5.32 Å². The molecule has 0 aliphatic carbocycles. The molecule has 1 fully saturated rings. The molecule has 1 amide bonds. The summed E-state index contributed by atoms with van der Waals surface area (Å²) in [7, 11) is 0. The van der Waals surface area contributed by atoms with E-state index < -0.39 is 30.4 Å². The molecule has 1 aliphatic heterocycles. The summed E-state index contributed by atoms with van der Waals surface area (Å²) in [5, 5.41) is 21.0. The van der Waals surface area contributed by atoms with Gasteiger partial charge in [0, 0.05) is 24.2 Å². The number of rotatable bonds is 7. The minimum Gasteiger partial charge on any atom is -0.451 e. The minimum absolute atomic E-state index is 0.298. The van der Waals surface area contributed by atoms with Gasteiger partial charge in [0.25, 0.3) is 5.91 Å². The number of ketones is 1. The Morgan fingerprint density at radius 1 is 1.09 bits per heavy atom. The smallest absolute Gasteiger partial charge is 0.251 e. The summed E-state index contributed by atoms with van der Waals surface area (Å²) >= 11 is 0. The SMILES string of the molecule is C[C@H](O)[C@H](NC(=O)c1ccc(C#CC#Cc2ccc(CN3CCOCC3)o2)cc1)C(=O)CO. The topological polar surface area (TPSA) is 112 Å². The van der Waals surface area contributed by atoms with E-state index in [0.29, 0.717) is 16.9 Å². The van der Waals surface area contributed by atoms with Gasteiger partial charge in [-0.1, -0.05) is 5.92 Å². The maximum atomic E-state index is 12.3. The van der Waals surface area contributed by atoms with E-state index in [9.17, 15) is 14.7 Å². The van der Waals surface area contributed by atoms with E-state index in [1.165, 1.54) is 6.92 Å². The normalized spacial score (nSPS) is 15.4. The molecule has 0 saturated carbocycles. The number of hydrogen-bond donors (Lipinski definition) is 3. The van der Waals surface area contributed by atoms with Gasteiger partial charge in [0.05, 0.1) is 25.9 Å². The van der Waals surface area contributed by atoms with Crippen molar-refractivity contribution in [2.75, 3.05) is 32.9 Å². The Kier molecular flexibility index (Phi) is 8.82. The average Bonchev–Trinajstić information content (AvgIpc) is 3.27. The summed E-state index contributed by atoms with van der Waals surface area (Å²) in [6.07, 6.45) is -1.12. The van der Waals surface area contributed by atoms with Crippen molar-refractivity contribution in [3.8, 4) is 23.7 Å². The first-order valence-electron chi connectivity index (χ1n) is 10.6. The molecule has 0 spiro atoms. The van der Waals surface area contributed by atoms with Crippen LogP contribution in [-0.4, -0.2) is 71.9 Å². The standard InChI is InChI=1S/C25H26N2O6/c1-18(29)24(23(30)17-28)26-25(31)20-8-6-19(7-9-20)4-2-3-5-21-10-11-22(33-21)16-27-12-14-32-15-13-27/h6-11,18,24,28-29H,12-17H2,1H3,(H,26,31)/t18-,24-/m0/s1. The van der Waals surface area contributed by atoms with Crippen molar-refractivity contribution < 1.29 is 29.0 Å². The van der Waals surface area contributed by atoms with E-state index in [-0.39, 0.29) is 0 Å². The number of Topliss-reactive ketones (excluding diaryl/α,β-unsaturated/α-hetero) is 1. The van der Waals surface area contributed by atoms with Crippen molar-refractivity contribution >= 4 is 11.7 Å². The summed E-state index contributed by atoms with van der Waals surface area (Å²) in [5.41, 5.74) is 0.957. The first-order chi connectivity index (χ1) is 16.0. The number of hydrogen-bond acceptors (Lipinski definition) is 7. The Hall–Kier alpha value is -3.40. The minimum atomic E-state index is -1.17. The van der Waals surface area contributed by atoms with Gasteiger partial charge in [-0.05, 0) is 61.1 Å². The number of amides is 1. The van der Waals surface area contributed by atoms with Crippen LogP contribution in [0.4, 0.5) is 0 Å². The zero-order chi connectivity index (χ0) is 23.6. The van der Waals surface area contributed by atoms with Gasteiger partial charge in [0.15, 0.2) is 11.5 Å². The predicted octanol–water partition coefficient (Wildman–Crippen LogP) is 0.556. The van der Waals surface area contributed by atoms with Crippen LogP contribution in [0.2, 0.25) is 0 Å². The van der Waals surface area contributed by atoms with Crippen LogP contribution in [0.3, 0.4) is 0 Å². The molecule has 1 aromatic heterocycles. The van der Waals surface area contributed by atoms with E-state index >= 15 is 0 Å². The molecule has 2 aromatic rings. The molecule has 3 rings (SSSR count). The van der Waals surface area contributed by atoms with Gasteiger partial charge in [-0.2, -0.15) is 0 Å². The Morgan fingerprint density at radius 3 is 2.45 bits per heavy atom. The second kappa shape index (κ2) is 12.0. The molecule has 2 heterocycles. The Balaban J connectivity index is 1.55. The molecule has 172 valence electrons. The molecule has 2 atom stereocenters. The quantitative estimate of drug-likeness (QED) is 0.529. The van der Waals surface area contributed by atoms with Crippen LogP contribution in [0.1, 0.15) is 34.4 Å². The average molecular weight is 450 g/mol. The van der Waals surface area contributed by atoms with Gasteiger partial charge in [-0.25, -0.2) is 0 Å². The Labute approximate surface area is 192 Å². The first kappa shape index (κ1) is 24.2. The number of nitrogens with one attached hydrogen (secondary N) is 1. The van der Waals surface area contributed by atoms with Gasteiger partial charge in [-0.15, -0.1) is 0 Å². The van der Waals surface area contributed by atoms with Crippen molar-refractivity contribution in [3.63, 3.8) is 0 Å². The molecular formula is C25H26N2O6. The summed E-state index contributed by atoms with van der Waals surface area (Å²) in [6.45, 7) is 4.57. The monoisotopic (exact) mass is 450 g/mol. The van der Waals surface area contributed by atoms with E-state index in [1.54, 1.807) is 24.3 Å². The lowest BCUT2D eigenvalue weighted by molar-refractivity contribution is -0.125. The number of carbonyl (C=O) groups excluding carboxylic acids is 2. The van der Waals surface area contributed by atoms with Gasteiger partial charge < -0.3 is 24.7 Å². The molecule has 3 N–H and O–H groups in total. The molecule has 0 bridgehead atoms. The fourth-order valence-electron chi connectivity index (χ4n) is 3.20. The zero-order valence-corrected chi connectivity index (χ0v) is 18.3. The number of aliphatic hydroxyl groups is 2. The zero-order valence-electron chi connectivity index (χ0n) is 18.3. The van der Waals surface area contributed by atoms with Crippen LogP contribution in [0.5, 0.6) is 0 Å². The van der Waals surface area contributed by atoms with Crippen molar-refractivity contribution in [3.05, 3.63) is 59.0 Å². The second-order valence-electron chi connectivity index (χ2n) is 7.55. The number of aliphatic hydroxyl groups excluding tert-OH is 2. The maximum absolute atomic E-state index is 12.3. The summed E-state index contributed by atoms with van der Waals surface area (Å²) in [5.74, 6) is 11.5. The summed E-state index contributed by atoms with van der Waals surface area (Å²) < 4.78 is 11.1. The van der Waals surface area contributed by atoms with E-state index in [2.05, 4.69) is 33.9 Å². The summed E-state index contributed by atoms with van der Waals surface area (Å²) in [4.78, 5) is 26.2. The largest absolute Gasteiger partial charge is 0.451 e. The predicted molar refractivity (Wildman–Crippen MR) is 120 cm³/mol. The highest BCUT2D eigenvalue weighted by atomic mass is 16.5. The van der Waals surface area contributed by atoms with E-state index in [4.69, 9.17) is 14.3 Å². The van der Waals surface area contributed by atoms with Crippen LogP contribution in [0.15, 0.2) is 40.8 Å². The lowest BCUT2D eigenvalue weighted by Gasteiger charge is -2.25. The number of furan rings is 1. The Morgan fingerprint density at radius 2 is 1.79 bits per heavy atom. The Bertz CT molecular complexity index is 1080.